The van der Waals surface area contributed by atoms with Gasteiger partial charge in [-0.2, -0.15) is 0 Å². The number of carbonyl (C=O) groups is 1. The van der Waals surface area contributed by atoms with Crippen LogP contribution >= 0.6 is 0 Å². The molecule has 0 aromatic heterocycles. The number of hydrogen-bond acceptors (Lipinski definition) is 3. The van der Waals surface area contributed by atoms with E-state index in [2.05, 4.69) is 17.4 Å². The van der Waals surface area contributed by atoms with Crippen LogP contribution in [0.5, 0.6) is 11.5 Å². The van der Waals surface area contributed by atoms with Crippen LogP contribution in [0.4, 0.5) is 0 Å². The van der Waals surface area contributed by atoms with Crippen molar-refractivity contribution in [2.24, 2.45) is 0 Å². The fraction of sp³-hybridized carbons (Fsp3) is 0.316. The molecule has 23 heavy (non-hydrogen) atoms. The Morgan fingerprint density at radius 1 is 1.30 bits per heavy atom. The van der Waals surface area contributed by atoms with Crippen molar-refractivity contribution < 1.29 is 14.3 Å². The Kier molecular flexibility index (Phi) is 4.51. The van der Waals surface area contributed by atoms with Gasteiger partial charge >= 0.3 is 0 Å². The topological polar surface area (TPSA) is 47.6 Å². The Bertz CT molecular complexity index is 712. The molecule has 3 rings (SSSR count). The van der Waals surface area contributed by atoms with E-state index in [9.17, 15) is 4.79 Å². The Hall–Kier alpha value is -2.49. The summed E-state index contributed by atoms with van der Waals surface area (Å²) in [5, 5.41) is 3.04. The minimum atomic E-state index is -0.0825. The largest absolute Gasteiger partial charge is 0.497 e. The smallest absolute Gasteiger partial charge is 0.251 e. The van der Waals surface area contributed by atoms with Crippen LogP contribution in [0, 0.1) is 0 Å². The summed E-state index contributed by atoms with van der Waals surface area (Å²) < 4.78 is 10.7. The normalized spacial score (nSPS) is 13.8. The van der Waals surface area contributed by atoms with Gasteiger partial charge < -0.3 is 14.8 Å². The zero-order valence-corrected chi connectivity index (χ0v) is 13.5. The fourth-order valence-corrected chi connectivity index (χ4v) is 2.84. The lowest BCUT2D eigenvalue weighted by atomic mass is 10.0. The first-order valence-corrected chi connectivity index (χ1v) is 7.85. The highest BCUT2D eigenvalue weighted by Crippen LogP contribution is 2.26. The van der Waals surface area contributed by atoms with E-state index in [1.807, 2.05) is 25.1 Å². The fourth-order valence-electron chi connectivity index (χ4n) is 2.84. The van der Waals surface area contributed by atoms with Crippen LogP contribution in [-0.4, -0.2) is 25.7 Å². The van der Waals surface area contributed by atoms with Gasteiger partial charge in [0.05, 0.1) is 13.7 Å². The predicted molar refractivity (Wildman–Crippen MR) is 89.3 cm³/mol. The standard InChI is InChI=1S/C19H21NO3/c1-13(10-14-6-7-18-15(11-14)8-9-23-18)20-19(21)16-4-3-5-17(12-16)22-2/h3-7,11-13H,8-10H2,1-2H3,(H,20,21). The van der Waals surface area contributed by atoms with Gasteiger partial charge in [0.1, 0.15) is 11.5 Å². The van der Waals surface area contributed by atoms with Crippen molar-refractivity contribution in [3.63, 3.8) is 0 Å². The maximum Gasteiger partial charge on any atom is 0.251 e. The Morgan fingerprint density at radius 2 is 2.17 bits per heavy atom. The van der Waals surface area contributed by atoms with E-state index in [0.29, 0.717) is 11.3 Å². The maximum atomic E-state index is 12.3. The monoisotopic (exact) mass is 311 g/mol. The highest BCUT2D eigenvalue weighted by Gasteiger charge is 2.15. The third-order valence-electron chi connectivity index (χ3n) is 4.01. The van der Waals surface area contributed by atoms with E-state index >= 15 is 0 Å². The van der Waals surface area contributed by atoms with Crippen LogP contribution in [0.2, 0.25) is 0 Å². The Labute approximate surface area is 136 Å². The van der Waals surface area contributed by atoms with E-state index in [1.165, 1.54) is 11.1 Å². The van der Waals surface area contributed by atoms with Crippen molar-refractivity contribution in [1.29, 1.82) is 0 Å². The van der Waals surface area contributed by atoms with Gasteiger partial charge in [-0.15, -0.1) is 0 Å². The first-order valence-electron chi connectivity index (χ1n) is 7.85. The van der Waals surface area contributed by atoms with Gasteiger partial charge in [0.2, 0.25) is 0 Å². The van der Waals surface area contributed by atoms with Gasteiger partial charge in [-0.1, -0.05) is 18.2 Å². The quantitative estimate of drug-likeness (QED) is 0.923. The Balaban J connectivity index is 1.62. The van der Waals surface area contributed by atoms with Crippen molar-refractivity contribution in [2.45, 2.75) is 25.8 Å². The lowest BCUT2D eigenvalue weighted by Crippen LogP contribution is -2.34. The molecule has 1 N–H and O–H groups in total. The molecule has 0 saturated carbocycles. The molecule has 1 heterocycles. The third-order valence-corrected chi connectivity index (χ3v) is 4.01. The maximum absolute atomic E-state index is 12.3. The molecule has 1 unspecified atom stereocenters. The second-order valence-electron chi connectivity index (χ2n) is 5.85. The molecule has 1 aliphatic rings. The average Bonchev–Trinajstić information content (AvgIpc) is 3.02. The number of ether oxygens (including phenoxy) is 2. The molecule has 4 nitrogen and oxygen atoms in total. The molecule has 1 amide bonds. The molecule has 0 spiro atoms. The highest BCUT2D eigenvalue weighted by atomic mass is 16.5. The zero-order chi connectivity index (χ0) is 16.2. The number of hydrogen-bond donors (Lipinski definition) is 1. The van der Waals surface area contributed by atoms with Crippen molar-refractivity contribution in [1.82, 2.24) is 5.32 Å². The molecule has 1 aliphatic heterocycles. The molecule has 4 heteroatoms. The van der Waals surface area contributed by atoms with E-state index in [0.717, 1.165) is 25.2 Å². The average molecular weight is 311 g/mol. The summed E-state index contributed by atoms with van der Waals surface area (Å²) in [6, 6.07) is 13.5. The van der Waals surface area contributed by atoms with E-state index in [4.69, 9.17) is 9.47 Å². The zero-order valence-electron chi connectivity index (χ0n) is 13.5. The lowest BCUT2D eigenvalue weighted by Gasteiger charge is -2.15. The molecule has 0 radical (unpaired) electrons. The molecule has 120 valence electrons. The number of amides is 1. The third kappa shape index (κ3) is 3.65. The van der Waals surface area contributed by atoms with Crippen molar-refractivity contribution in [3.8, 4) is 11.5 Å². The van der Waals surface area contributed by atoms with Gasteiger partial charge in [0, 0.05) is 18.0 Å². The lowest BCUT2D eigenvalue weighted by molar-refractivity contribution is 0.0939. The van der Waals surface area contributed by atoms with Gasteiger partial charge in [0.15, 0.2) is 0 Å². The van der Waals surface area contributed by atoms with Gasteiger partial charge in [-0.05, 0) is 48.7 Å². The second kappa shape index (κ2) is 6.73. The predicted octanol–water partition coefficient (Wildman–Crippen LogP) is 2.99. The van der Waals surface area contributed by atoms with Gasteiger partial charge in [-0.3, -0.25) is 4.79 Å². The number of rotatable bonds is 5. The summed E-state index contributed by atoms with van der Waals surface area (Å²) in [7, 11) is 1.59. The summed E-state index contributed by atoms with van der Waals surface area (Å²) in [6.45, 7) is 2.78. The molecular weight excluding hydrogens is 290 g/mol. The number of benzene rings is 2. The SMILES string of the molecule is COc1cccc(C(=O)NC(C)Cc2ccc3c(c2)CCO3)c1. The minimum Gasteiger partial charge on any atom is -0.497 e. The van der Waals surface area contributed by atoms with Crippen LogP contribution in [0.1, 0.15) is 28.4 Å². The van der Waals surface area contributed by atoms with E-state index in [1.54, 1.807) is 19.2 Å². The molecule has 0 saturated heterocycles. The van der Waals surface area contributed by atoms with E-state index in [-0.39, 0.29) is 11.9 Å². The summed E-state index contributed by atoms with van der Waals surface area (Å²) in [4.78, 5) is 12.3. The highest BCUT2D eigenvalue weighted by molar-refractivity contribution is 5.94. The summed E-state index contributed by atoms with van der Waals surface area (Å²) in [5.41, 5.74) is 3.08. The van der Waals surface area contributed by atoms with Crippen LogP contribution < -0.4 is 14.8 Å². The molecule has 0 fully saturated rings. The second-order valence-corrected chi connectivity index (χ2v) is 5.85. The number of methoxy groups -OCH3 is 1. The Morgan fingerprint density at radius 3 is 3.00 bits per heavy atom. The molecule has 1 atom stereocenters. The van der Waals surface area contributed by atoms with Crippen molar-refractivity contribution in [3.05, 3.63) is 59.2 Å². The van der Waals surface area contributed by atoms with Gasteiger partial charge in [-0.25, -0.2) is 0 Å². The molecule has 0 aliphatic carbocycles. The summed E-state index contributed by atoms with van der Waals surface area (Å²) >= 11 is 0. The molecule has 2 aromatic rings. The van der Waals surface area contributed by atoms with Crippen LogP contribution in [0.15, 0.2) is 42.5 Å². The molecule has 2 aromatic carbocycles. The molecule has 0 bridgehead atoms. The first-order chi connectivity index (χ1) is 11.2. The first kappa shape index (κ1) is 15.4. The van der Waals surface area contributed by atoms with E-state index < -0.39 is 0 Å². The molecular formula is C19H21NO3. The van der Waals surface area contributed by atoms with Crippen LogP contribution in [-0.2, 0) is 12.8 Å². The van der Waals surface area contributed by atoms with Gasteiger partial charge in [0.25, 0.3) is 5.91 Å². The van der Waals surface area contributed by atoms with Crippen LogP contribution in [0.25, 0.3) is 0 Å². The number of fused-ring (bicyclic) bond motifs is 1. The van der Waals surface area contributed by atoms with Crippen molar-refractivity contribution >= 4 is 5.91 Å². The number of carbonyl (C=O) groups excluding carboxylic acids is 1. The summed E-state index contributed by atoms with van der Waals surface area (Å²) in [5.74, 6) is 1.59. The van der Waals surface area contributed by atoms with Crippen LogP contribution in [0.3, 0.4) is 0 Å². The minimum absolute atomic E-state index is 0.0501. The summed E-state index contributed by atoms with van der Waals surface area (Å²) in [6.07, 6.45) is 1.76. The number of nitrogens with one attached hydrogen (secondary N) is 1. The van der Waals surface area contributed by atoms with Crippen molar-refractivity contribution in [2.75, 3.05) is 13.7 Å².